The molecule has 2 heterocycles. The van der Waals surface area contributed by atoms with Crippen LogP contribution in [0.3, 0.4) is 0 Å². The first kappa shape index (κ1) is 9.84. The third-order valence-corrected chi connectivity index (χ3v) is 2.79. The van der Waals surface area contributed by atoms with Crippen LogP contribution in [0.5, 0.6) is 11.5 Å². The topological polar surface area (TPSA) is 44.5 Å². The second kappa shape index (κ2) is 3.90. The second-order valence-electron chi connectivity index (χ2n) is 3.57. The van der Waals surface area contributed by atoms with E-state index in [1.165, 1.54) is 0 Å². The second-order valence-corrected chi connectivity index (χ2v) is 4.02. The average molecular weight is 237 g/mol. The fourth-order valence-corrected chi connectivity index (χ4v) is 2.06. The summed E-state index contributed by atoms with van der Waals surface area (Å²) >= 11 is 4.19. The summed E-state index contributed by atoms with van der Waals surface area (Å²) < 4.78 is 16.3. The van der Waals surface area contributed by atoms with Gasteiger partial charge in [-0.15, -0.1) is 0 Å². The number of aromatic nitrogens is 1. The molecular weight excluding hydrogens is 226 g/mol. The molecule has 1 aromatic heterocycles. The van der Waals surface area contributed by atoms with Crippen LogP contribution in [0, 0.1) is 0 Å². The SMILES string of the molecule is SCCc1noc2c3c(ccc12)OCCO3. The van der Waals surface area contributed by atoms with Crippen LogP contribution < -0.4 is 9.47 Å². The summed E-state index contributed by atoms with van der Waals surface area (Å²) in [5.41, 5.74) is 1.59. The van der Waals surface area contributed by atoms with Crippen LogP contribution in [-0.4, -0.2) is 24.1 Å². The van der Waals surface area contributed by atoms with Crippen LogP contribution in [0.1, 0.15) is 5.69 Å². The summed E-state index contributed by atoms with van der Waals surface area (Å²) in [6.45, 7) is 1.13. The molecule has 4 nitrogen and oxygen atoms in total. The molecule has 0 atom stereocenters. The number of rotatable bonds is 2. The number of ether oxygens (including phenoxy) is 2. The van der Waals surface area contributed by atoms with Crippen molar-refractivity contribution in [3.05, 3.63) is 17.8 Å². The van der Waals surface area contributed by atoms with Gasteiger partial charge in [0.1, 0.15) is 13.2 Å². The van der Waals surface area contributed by atoms with Crippen LogP contribution >= 0.6 is 12.6 Å². The number of hydrogen-bond donors (Lipinski definition) is 1. The standard InChI is InChI=1S/C11H11NO3S/c16-6-3-8-7-1-2-9-11(10(7)15-12-8)14-5-4-13-9/h1-2,16H,3-6H2. The van der Waals surface area contributed by atoms with E-state index in [0.717, 1.165) is 29.0 Å². The van der Waals surface area contributed by atoms with Crippen molar-refractivity contribution in [3.8, 4) is 11.5 Å². The Balaban J connectivity index is 2.17. The van der Waals surface area contributed by atoms with Crippen molar-refractivity contribution in [1.82, 2.24) is 5.16 Å². The molecule has 0 fully saturated rings. The van der Waals surface area contributed by atoms with Crippen LogP contribution in [-0.2, 0) is 6.42 Å². The predicted molar refractivity (Wildman–Crippen MR) is 62.6 cm³/mol. The van der Waals surface area contributed by atoms with E-state index in [1.54, 1.807) is 0 Å². The minimum Gasteiger partial charge on any atom is -0.486 e. The van der Waals surface area contributed by atoms with Gasteiger partial charge in [-0.2, -0.15) is 12.6 Å². The van der Waals surface area contributed by atoms with Crippen molar-refractivity contribution in [1.29, 1.82) is 0 Å². The Morgan fingerprint density at radius 3 is 3.00 bits per heavy atom. The summed E-state index contributed by atoms with van der Waals surface area (Å²) in [4.78, 5) is 0. The normalized spacial score (nSPS) is 14.3. The molecule has 0 N–H and O–H groups in total. The lowest BCUT2D eigenvalue weighted by Crippen LogP contribution is -2.15. The van der Waals surface area contributed by atoms with Crippen molar-refractivity contribution in [2.75, 3.05) is 19.0 Å². The zero-order valence-corrected chi connectivity index (χ0v) is 9.50. The fraction of sp³-hybridized carbons (Fsp3) is 0.364. The van der Waals surface area contributed by atoms with Gasteiger partial charge in [-0.05, 0) is 17.9 Å². The number of nitrogens with zero attached hydrogens (tertiary/aromatic N) is 1. The van der Waals surface area contributed by atoms with E-state index in [2.05, 4.69) is 17.8 Å². The summed E-state index contributed by atoms with van der Waals surface area (Å²) in [5.74, 6) is 2.14. The molecular formula is C11H11NO3S. The lowest BCUT2D eigenvalue weighted by atomic mass is 10.1. The van der Waals surface area contributed by atoms with Gasteiger partial charge in [0.15, 0.2) is 5.75 Å². The molecule has 84 valence electrons. The van der Waals surface area contributed by atoms with Crippen molar-refractivity contribution >= 4 is 23.6 Å². The minimum atomic E-state index is 0.550. The molecule has 0 bridgehead atoms. The highest BCUT2D eigenvalue weighted by Gasteiger charge is 2.20. The molecule has 0 radical (unpaired) electrons. The molecule has 2 aromatic rings. The third-order valence-electron chi connectivity index (χ3n) is 2.57. The Morgan fingerprint density at radius 1 is 1.25 bits per heavy atom. The average Bonchev–Trinajstić information content (AvgIpc) is 2.73. The summed E-state index contributed by atoms with van der Waals surface area (Å²) in [6.07, 6.45) is 0.787. The zero-order valence-electron chi connectivity index (χ0n) is 8.60. The highest BCUT2D eigenvalue weighted by Crippen LogP contribution is 2.38. The van der Waals surface area contributed by atoms with Gasteiger partial charge in [-0.25, -0.2) is 0 Å². The largest absolute Gasteiger partial charge is 0.486 e. The molecule has 0 unspecified atom stereocenters. The van der Waals surface area contributed by atoms with Crippen LogP contribution in [0.2, 0.25) is 0 Å². The molecule has 5 heteroatoms. The molecule has 0 amide bonds. The molecule has 16 heavy (non-hydrogen) atoms. The van der Waals surface area contributed by atoms with Gasteiger partial charge in [-0.1, -0.05) is 5.16 Å². The minimum absolute atomic E-state index is 0.550. The van der Waals surface area contributed by atoms with Gasteiger partial charge in [0.2, 0.25) is 11.3 Å². The van der Waals surface area contributed by atoms with E-state index >= 15 is 0 Å². The Bertz CT molecular complexity index is 523. The predicted octanol–water partition coefficient (Wildman–Crippen LogP) is 2.07. The van der Waals surface area contributed by atoms with Gasteiger partial charge in [-0.3, -0.25) is 0 Å². The number of aryl methyl sites for hydroxylation is 1. The van der Waals surface area contributed by atoms with Crippen LogP contribution in [0.15, 0.2) is 16.7 Å². The quantitative estimate of drug-likeness (QED) is 0.812. The first-order valence-electron chi connectivity index (χ1n) is 5.18. The first-order chi connectivity index (χ1) is 7.90. The molecule has 1 aromatic carbocycles. The first-order valence-corrected chi connectivity index (χ1v) is 5.81. The Morgan fingerprint density at radius 2 is 2.12 bits per heavy atom. The molecule has 3 rings (SSSR count). The van der Waals surface area contributed by atoms with Gasteiger partial charge < -0.3 is 14.0 Å². The molecule has 0 aliphatic carbocycles. The maximum Gasteiger partial charge on any atom is 0.212 e. The number of benzene rings is 1. The molecule has 1 aliphatic rings. The van der Waals surface area contributed by atoms with E-state index in [-0.39, 0.29) is 0 Å². The Kier molecular flexibility index (Phi) is 2.40. The Hall–Kier alpha value is -1.36. The van der Waals surface area contributed by atoms with Gasteiger partial charge in [0, 0.05) is 11.8 Å². The summed E-state index contributed by atoms with van der Waals surface area (Å²) in [7, 11) is 0. The number of thiol groups is 1. The Labute approximate surface area is 97.9 Å². The van der Waals surface area contributed by atoms with Gasteiger partial charge in [0.25, 0.3) is 0 Å². The lowest BCUT2D eigenvalue weighted by molar-refractivity contribution is 0.171. The van der Waals surface area contributed by atoms with E-state index < -0.39 is 0 Å². The van der Waals surface area contributed by atoms with Gasteiger partial charge >= 0.3 is 0 Å². The molecule has 0 saturated carbocycles. The van der Waals surface area contributed by atoms with Crippen molar-refractivity contribution in [3.63, 3.8) is 0 Å². The zero-order chi connectivity index (χ0) is 11.0. The van der Waals surface area contributed by atoms with Gasteiger partial charge in [0.05, 0.1) is 5.69 Å². The number of fused-ring (bicyclic) bond motifs is 3. The van der Waals surface area contributed by atoms with Crippen molar-refractivity contribution < 1.29 is 14.0 Å². The van der Waals surface area contributed by atoms with E-state index in [0.29, 0.717) is 24.5 Å². The molecule has 1 aliphatic heterocycles. The van der Waals surface area contributed by atoms with E-state index in [1.807, 2.05) is 12.1 Å². The smallest absolute Gasteiger partial charge is 0.212 e. The highest BCUT2D eigenvalue weighted by molar-refractivity contribution is 7.80. The molecule has 0 saturated heterocycles. The van der Waals surface area contributed by atoms with Crippen molar-refractivity contribution in [2.45, 2.75) is 6.42 Å². The monoisotopic (exact) mass is 237 g/mol. The summed E-state index contributed by atoms with van der Waals surface area (Å²) in [6, 6.07) is 3.86. The highest BCUT2D eigenvalue weighted by atomic mass is 32.1. The van der Waals surface area contributed by atoms with E-state index in [4.69, 9.17) is 14.0 Å². The van der Waals surface area contributed by atoms with Crippen molar-refractivity contribution in [2.24, 2.45) is 0 Å². The molecule has 0 spiro atoms. The van der Waals surface area contributed by atoms with Crippen LogP contribution in [0.25, 0.3) is 11.0 Å². The van der Waals surface area contributed by atoms with Crippen LogP contribution in [0.4, 0.5) is 0 Å². The fourth-order valence-electron chi connectivity index (χ4n) is 1.84. The maximum atomic E-state index is 5.55. The lowest BCUT2D eigenvalue weighted by Gasteiger charge is -2.17. The van der Waals surface area contributed by atoms with E-state index in [9.17, 15) is 0 Å². The summed E-state index contributed by atoms with van der Waals surface area (Å²) in [5, 5.41) is 5.02. The number of hydrogen-bond acceptors (Lipinski definition) is 5. The third kappa shape index (κ3) is 1.43. The maximum absolute atomic E-state index is 5.55.